The van der Waals surface area contributed by atoms with Gasteiger partial charge in [-0.15, -0.1) is 0 Å². The molecule has 0 aliphatic heterocycles. The average Bonchev–Trinajstić information content (AvgIpc) is 2.64. The Hall–Kier alpha value is -2.20. The SMILES string of the molecule is CCCOC(=O)CC(C(=O)OCC(C)O)C(CC(=O)OC)C(=O)OCC(C)O. The summed E-state index contributed by atoms with van der Waals surface area (Å²) >= 11 is 0. The predicted octanol–water partition coefficient (Wildman–Crippen LogP) is -0.0268. The molecule has 4 atom stereocenters. The molecular formula is C18H30O10. The minimum Gasteiger partial charge on any atom is -0.469 e. The van der Waals surface area contributed by atoms with Gasteiger partial charge in [-0.2, -0.15) is 0 Å². The van der Waals surface area contributed by atoms with Gasteiger partial charge in [0.1, 0.15) is 13.2 Å². The van der Waals surface area contributed by atoms with Gasteiger partial charge in [0.2, 0.25) is 0 Å². The van der Waals surface area contributed by atoms with E-state index in [0.717, 1.165) is 7.11 Å². The van der Waals surface area contributed by atoms with Crippen LogP contribution in [0.15, 0.2) is 0 Å². The Labute approximate surface area is 164 Å². The van der Waals surface area contributed by atoms with E-state index in [1.807, 2.05) is 0 Å². The Morgan fingerprint density at radius 1 is 0.786 bits per heavy atom. The number of esters is 4. The first-order chi connectivity index (χ1) is 13.1. The molecule has 0 rings (SSSR count). The van der Waals surface area contributed by atoms with Crippen LogP contribution < -0.4 is 0 Å². The predicted molar refractivity (Wildman–Crippen MR) is 94.8 cm³/mol. The van der Waals surface area contributed by atoms with Crippen molar-refractivity contribution in [2.75, 3.05) is 26.9 Å². The van der Waals surface area contributed by atoms with Crippen molar-refractivity contribution in [3.8, 4) is 0 Å². The Balaban J connectivity index is 5.55. The minimum absolute atomic E-state index is 0.127. The highest BCUT2D eigenvalue weighted by atomic mass is 16.6. The van der Waals surface area contributed by atoms with Crippen molar-refractivity contribution in [3.05, 3.63) is 0 Å². The van der Waals surface area contributed by atoms with Crippen LogP contribution in [-0.4, -0.2) is 73.2 Å². The summed E-state index contributed by atoms with van der Waals surface area (Å²) in [6.45, 7) is 3.98. The molecule has 10 heteroatoms. The first kappa shape index (κ1) is 25.8. The number of carbonyl (C=O) groups excluding carboxylic acids is 4. The van der Waals surface area contributed by atoms with E-state index in [2.05, 4.69) is 4.74 Å². The van der Waals surface area contributed by atoms with Gasteiger partial charge in [-0.05, 0) is 20.3 Å². The van der Waals surface area contributed by atoms with Crippen LogP contribution in [0.4, 0.5) is 0 Å². The molecule has 0 aliphatic rings. The number of hydrogen-bond acceptors (Lipinski definition) is 10. The van der Waals surface area contributed by atoms with Gasteiger partial charge < -0.3 is 29.2 Å². The van der Waals surface area contributed by atoms with E-state index in [4.69, 9.17) is 14.2 Å². The normalized spacial score (nSPS) is 14.9. The highest BCUT2D eigenvalue weighted by molar-refractivity contribution is 5.88. The molecule has 0 saturated carbocycles. The zero-order chi connectivity index (χ0) is 21.7. The monoisotopic (exact) mass is 406 g/mol. The highest BCUT2D eigenvalue weighted by Gasteiger charge is 2.40. The summed E-state index contributed by atoms with van der Waals surface area (Å²) in [5, 5.41) is 18.6. The molecule has 0 bridgehead atoms. The lowest BCUT2D eigenvalue weighted by Crippen LogP contribution is -2.37. The van der Waals surface area contributed by atoms with Gasteiger partial charge in [-0.3, -0.25) is 19.2 Å². The molecule has 0 amide bonds. The lowest BCUT2D eigenvalue weighted by Gasteiger charge is -2.23. The van der Waals surface area contributed by atoms with E-state index in [-0.39, 0.29) is 19.8 Å². The standard InChI is InChI=1S/C18H30O10/c1-5-6-26-16(22)8-14(18(24)28-10-12(3)20)13(7-15(21)25-4)17(23)27-9-11(2)19/h11-14,19-20H,5-10H2,1-4H3. The van der Waals surface area contributed by atoms with Crippen molar-refractivity contribution in [3.63, 3.8) is 0 Å². The summed E-state index contributed by atoms with van der Waals surface area (Å²) in [7, 11) is 1.11. The van der Waals surface area contributed by atoms with Crippen molar-refractivity contribution < 1.29 is 48.3 Å². The second-order valence-corrected chi connectivity index (χ2v) is 6.38. The number of aliphatic hydroxyl groups excluding tert-OH is 2. The maximum atomic E-state index is 12.5. The van der Waals surface area contributed by atoms with E-state index in [1.165, 1.54) is 13.8 Å². The van der Waals surface area contributed by atoms with Crippen molar-refractivity contribution in [1.29, 1.82) is 0 Å². The third-order valence-electron chi connectivity index (χ3n) is 3.49. The highest BCUT2D eigenvalue weighted by Crippen LogP contribution is 2.25. The Morgan fingerprint density at radius 2 is 1.21 bits per heavy atom. The second kappa shape index (κ2) is 13.9. The number of aliphatic hydroxyl groups is 2. The molecule has 162 valence electrons. The van der Waals surface area contributed by atoms with Crippen LogP contribution in [0, 0.1) is 11.8 Å². The van der Waals surface area contributed by atoms with Gasteiger partial charge in [-0.25, -0.2) is 0 Å². The lowest BCUT2D eigenvalue weighted by molar-refractivity contribution is -0.169. The molecule has 0 spiro atoms. The topological polar surface area (TPSA) is 146 Å². The fourth-order valence-corrected chi connectivity index (χ4v) is 2.12. The molecule has 0 aromatic rings. The van der Waals surface area contributed by atoms with Crippen molar-refractivity contribution in [2.45, 2.75) is 52.2 Å². The third kappa shape index (κ3) is 10.8. The Kier molecular flexibility index (Phi) is 12.8. The first-order valence-electron chi connectivity index (χ1n) is 9.04. The summed E-state index contributed by atoms with van der Waals surface area (Å²) in [4.78, 5) is 48.6. The summed E-state index contributed by atoms with van der Waals surface area (Å²) in [5.41, 5.74) is 0. The Bertz CT molecular complexity index is 514. The van der Waals surface area contributed by atoms with Crippen LogP contribution in [0.25, 0.3) is 0 Å². The maximum Gasteiger partial charge on any atom is 0.310 e. The van der Waals surface area contributed by atoms with Crippen LogP contribution in [0.1, 0.15) is 40.0 Å². The molecule has 4 unspecified atom stereocenters. The fourth-order valence-electron chi connectivity index (χ4n) is 2.12. The quantitative estimate of drug-likeness (QED) is 0.316. The Morgan fingerprint density at radius 3 is 1.57 bits per heavy atom. The van der Waals surface area contributed by atoms with Gasteiger partial charge in [0.05, 0.1) is 50.6 Å². The molecule has 0 fully saturated rings. The van der Waals surface area contributed by atoms with Crippen LogP contribution in [0.5, 0.6) is 0 Å². The second-order valence-electron chi connectivity index (χ2n) is 6.38. The molecule has 10 nitrogen and oxygen atoms in total. The minimum atomic E-state index is -1.39. The van der Waals surface area contributed by atoms with Gasteiger partial charge in [0.15, 0.2) is 0 Å². The number of methoxy groups -OCH3 is 1. The lowest BCUT2D eigenvalue weighted by atomic mass is 9.86. The number of carbonyl (C=O) groups is 4. The van der Waals surface area contributed by atoms with Crippen LogP contribution in [-0.2, 0) is 38.1 Å². The maximum absolute atomic E-state index is 12.5. The zero-order valence-electron chi connectivity index (χ0n) is 16.7. The summed E-state index contributed by atoms with van der Waals surface area (Å²) in [5.74, 6) is -6.25. The van der Waals surface area contributed by atoms with Crippen molar-refractivity contribution in [2.24, 2.45) is 11.8 Å². The van der Waals surface area contributed by atoms with Crippen LogP contribution in [0.3, 0.4) is 0 Å². The van der Waals surface area contributed by atoms with Crippen molar-refractivity contribution >= 4 is 23.9 Å². The fraction of sp³-hybridized carbons (Fsp3) is 0.778. The smallest absolute Gasteiger partial charge is 0.310 e. The number of hydrogen-bond donors (Lipinski definition) is 2. The van der Waals surface area contributed by atoms with Gasteiger partial charge in [0, 0.05) is 0 Å². The largest absolute Gasteiger partial charge is 0.469 e. The van der Waals surface area contributed by atoms with Crippen LogP contribution in [0.2, 0.25) is 0 Å². The van der Waals surface area contributed by atoms with E-state index in [9.17, 15) is 29.4 Å². The summed E-state index contributed by atoms with van der Waals surface area (Å²) in [6, 6.07) is 0. The number of ether oxygens (including phenoxy) is 4. The molecule has 0 heterocycles. The van der Waals surface area contributed by atoms with Crippen molar-refractivity contribution in [1.82, 2.24) is 0 Å². The van der Waals surface area contributed by atoms with E-state index >= 15 is 0 Å². The summed E-state index contributed by atoms with van der Waals surface area (Å²) in [6.07, 6.45) is -2.42. The van der Waals surface area contributed by atoms with E-state index in [1.54, 1.807) is 6.92 Å². The molecule has 2 N–H and O–H groups in total. The van der Waals surface area contributed by atoms with Crippen LogP contribution >= 0.6 is 0 Å². The molecule has 0 saturated heterocycles. The third-order valence-corrected chi connectivity index (χ3v) is 3.49. The molecule has 0 aliphatic carbocycles. The first-order valence-corrected chi connectivity index (χ1v) is 9.04. The van der Waals surface area contributed by atoms with E-state index < -0.39 is 60.8 Å². The molecular weight excluding hydrogens is 376 g/mol. The van der Waals surface area contributed by atoms with E-state index in [0.29, 0.717) is 6.42 Å². The zero-order valence-corrected chi connectivity index (χ0v) is 16.7. The average molecular weight is 406 g/mol. The van der Waals surface area contributed by atoms with Gasteiger partial charge >= 0.3 is 23.9 Å². The van der Waals surface area contributed by atoms with Gasteiger partial charge in [0.25, 0.3) is 0 Å². The molecule has 28 heavy (non-hydrogen) atoms. The molecule has 0 radical (unpaired) electrons. The number of rotatable bonds is 13. The molecule has 0 aromatic heterocycles. The van der Waals surface area contributed by atoms with Gasteiger partial charge in [-0.1, -0.05) is 6.92 Å². The summed E-state index contributed by atoms with van der Waals surface area (Å²) < 4.78 is 19.4. The molecule has 0 aromatic carbocycles.